The Morgan fingerprint density at radius 1 is 0.509 bits per heavy atom. The molecular weight excluding hydrogens is 689 g/mol. The van der Waals surface area contributed by atoms with Crippen LogP contribution in [0.5, 0.6) is 0 Å². The Morgan fingerprint density at radius 2 is 1.11 bits per heavy atom. The van der Waals surface area contributed by atoms with Crippen LogP contribution >= 0.6 is 0 Å². The molecule has 0 bridgehead atoms. The molecule has 57 heavy (non-hydrogen) atoms. The maximum atomic E-state index is 2.45. The van der Waals surface area contributed by atoms with Gasteiger partial charge in [0.2, 0.25) is 0 Å². The molecule has 2 nitrogen and oxygen atoms in total. The van der Waals surface area contributed by atoms with E-state index in [-0.39, 0.29) is 0 Å². The Hall–Kier alpha value is -7.16. The lowest BCUT2D eigenvalue weighted by Gasteiger charge is -2.28. The van der Waals surface area contributed by atoms with Crippen LogP contribution in [0.25, 0.3) is 76.5 Å². The molecule has 0 radical (unpaired) electrons. The van der Waals surface area contributed by atoms with Gasteiger partial charge in [-0.2, -0.15) is 0 Å². The summed E-state index contributed by atoms with van der Waals surface area (Å²) >= 11 is 0. The molecule has 10 aromatic rings. The number of allylic oxidation sites excluding steroid dienone is 3. The highest BCUT2D eigenvalue weighted by Crippen LogP contribution is 2.42. The van der Waals surface area contributed by atoms with Gasteiger partial charge in [-0.3, -0.25) is 0 Å². The second kappa shape index (κ2) is 14.5. The molecule has 0 saturated heterocycles. The fourth-order valence-electron chi connectivity index (χ4n) is 8.83. The van der Waals surface area contributed by atoms with Crippen LogP contribution in [0, 0.1) is 0 Å². The van der Waals surface area contributed by atoms with Crippen LogP contribution in [0.3, 0.4) is 0 Å². The van der Waals surface area contributed by atoms with Gasteiger partial charge in [-0.15, -0.1) is 0 Å². The van der Waals surface area contributed by atoms with Gasteiger partial charge in [0.25, 0.3) is 0 Å². The van der Waals surface area contributed by atoms with E-state index in [1.807, 2.05) is 0 Å². The molecule has 1 aromatic heterocycles. The minimum Gasteiger partial charge on any atom is -0.310 e. The SMILES string of the molecule is CC/C=C(\C=C(/C)c1cccc2c1c1c3ccccc3ccc1n2-c1ccccc1)N(c1ccc(-c2cccc3ccccc23)cc1)c1cccc2ccccc12. The van der Waals surface area contributed by atoms with Gasteiger partial charge in [-0.1, -0.05) is 165 Å². The zero-order valence-corrected chi connectivity index (χ0v) is 32.2. The molecule has 272 valence electrons. The first kappa shape index (κ1) is 34.3. The van der Waals surface area contributed by atoms with Crippen molar-refractivity contribution in [3.05, 3.63) is 218 Å². The zero-order chi connectivity index (χ0) is 38.3. The molecule has 0 fully saturated rings. The van der Waals surface area contributed by atoms with Crippen molar-refractivity contribution >= 4 is 71.1 Å². The lowest BCUT2D eigenvalue weighted by atomic mass is 9.96. The van der Waals surface area contributed by atoms with E-state index in [1.54, 1.807) is 0 Å². The Kier molecular flexibility index (Phi) is 8.73. The van der Waals surface area contributed by atoms with Gasteiger partial charge in [0, 0.05) is 33.2 Å². The first-order valence-electron chi connectivity index (χ1n) is 19.9. The molecule has 0 aliphatic rings. The number of rotatable bonds is 8. The first-order chi connectivity index (χ1) is 28.2. The van der Waals surface area contributed by atoms with E-state index >= 15 is 0 Å². The summed E-state index contributed by atoms with van der Waals surface area (Å²) < 4.78 is 2.43. The number of aromatic nitrogens is 1. The van der Waals surface area contributed by atoms with Gasteiger partial charge in [-0.25, -0.2) is 0 Å². The molecule has 0 saturated carbocycles. The van der Waals surface area contributed by atoms with Crippen LogP contribution in [0.2, 0.25) is 0 Å². The van der Waals surface area contributed by atoms with Crippen LogP contribution in [0.15, 0.2) is 212 Å². The number of para-hydroxylation sites is 1. The second-order valence-corrected chi connectivity index (χ2v) is 14.8. The molecule has 0 atom stereocenters. The largest absolute Gasteiger partial charge is 0.310 e. The van der Waals surface area contributed by atoms with E-state index in [9.17, 15) is 0 Å². The van der Waals surface area contributed by atoms with E-state index in [2.05, 4.69) is 230 Å². The van der Waals surface area contributed by atoms with Crippen LogP contribution in [-0.4, -0.2) is 4.57 Å². The normalized spacial score (nSPS) is 12.3. The molecular formula is C55H42N2. The second-order valence-electron chi connectivity index (χ2n) is 14.8. The highest BCUT2D eigenvalue weighted by molar-refractivity contribution is 6.23. The summed E-state index contributed by atoms with van der Waals surface area (Å²) in [6.45, 7) is 4.51. The van der Waals surface area contributed by atoms with Crippen molar-refractivity contribution in [1.82, 2.24) is 4.57 Å². The van der Waals surface area contributed by atoms with Crippen LogP contribution in [0.4, 0.5) is 11.4 Å². The van der Waals surface area contributed by atoms with Crippen LogP contribution in [0.1, 0.15) is 25.8 Å². The quantitative estimate of drug-likeness (QED) is 0.141. The maximum absolute atomic E-state index is 2.45. The van der Waals surface area contributed by atoms with E-state index < -0.39 is 0 Å². The molecule has 1 heterocycles. The standard InChI is InChI=1S/C55H42N2/c1-3-16-45(37-38(2)46-27-15-30-52-54(46)55-50-26-12-9-19-41(50)33-36-53(55)57(52)43-22-5-4-6-23-43)56(51-29-14-21-40-18-8-11-25-49(40)51)44-34-31-42(32-35-44)48-28-13-20-39-17-7-10-24-47(39)48/h4-37H,3H2,1-2H3/b38-37+,45-16+. The third kappa shape index (κ3) is 5.98. The molecule has 10 rings (SSSR count). The summed E-state index contributed by atoms with van der Waals surface area (Å²) in [5.41, 5.74) is 11.9. The number of nitrogens with zero attached hydrogens (tertiary/aromatic N) is 2. The zero-order valence-electron chi connectivity index (χ0n) is 32.2. The number of hydrogen-bond donors (Lipinski definition) is 0. The van der Waals surface area contributed by atoms with Crippen molar-refractivity contribution in [2.24, 2.45) is 0 Å². The first-order valence-corrected chi connectivity index (χ1v) is 19.9. The predicted octanol–water partition coefficient (Wildman–Crippen LogP) is 15.4. The summed E-state index contributed by atoms with van der Waals surface area (Å²) in [5, 5.41) is 10.0. The van der Waals surface area contributed by atoms with Crippen LogP contribution in [-0.2, 0) is 0 Å². The maximum Gasteiger partial charge on any atom is 0.0547 e. The van der Waals surface area contributed by atoms with E-state index in [4.69, 9.17) is 0 Å². The van der Waals surface area contributed by atoms with Crippen molar-refractivity contribution in [3.8, 4) is 16.8 Å². The third-order valence-corrected chi connectivity index (χ3v) is 11.4. The monoisotopic (exact) mass is 730 g/mol. The summed E-state index contributed by atoms with van der Waals surface area (Å²) in [5.74, 6) is 0. The van der Waals surface area contributed by atoms with Gasteiger partial charge in [-0.05, 0) is 111 Å². The van der Waals surface area contributed by atoms with Gasteiger partial charge in [0.1, 0.15) is 0 Å². The minimum atomic E-state index is 0.886. The highest BCUT2D eigenvalue weighted by Gasteiger charge is 2.21. The van der Waals surface area contributed by atoms with E-state index in [0.29, 0.717) is 0 Å². The lowest BCUT2D eigenvalue weighted by molar-refractivity contribution is 1.14. The topological polar surface area (TPSA) is 8.17 Å². The molecule has 0 N–H and O–H groups in total. The van der Waals surface area contributed by atoms with Gasteiger partial charge in [0.15, 0.2) is 0 Å². The molecule has 2 heteroatoms. The van der Waals surface area contributed by atoms with E-state index in [0.717, 1.165) is 29.2 Å². The van der Waals surface area contributed by atoms with Gasteiger partial charge in [0.05, 0.1) is 16.7 Å². The summed E-state index contributed by atoms with van der Waals surface area (Å²) in [4.78, 5) is 2.45. The average Bonchev–Trinajstić information content (AvgIpc) is 3.62. The minimum absolute atomic E-state index is 0.886. The molecule has 0 spiro atoms. The molecule has 0 aliphatic carbocycles. The van der Waals surface area contributed by atoms with Crippen LogP contribution < -0.4 is 4.90 Å². The van der Waals surface area contributed by atoms with Gasteiger partial charge >= 0.3 is 0 Å². The predicted molar refractivity (Wildman–Crippen MR) is 246 cm³/mol. The summed E-state index contributed by atoms with van der Waals surface area (Å²) in [7, 11) is 0. The Bertz CT molecular complexity index is 3150. The Labute approximate surface area is 333 Å². The average molecular weight is 731 g/mol. The summed E-state index contributed by atoms with van der Waals surface area (Å²) in [6, 6.07) is 70.6. The molecule has 0 unspecified atom stereocenters. The number of anilines is 2. The third-order valence-electron chi connectivity index (χ3n) is 11.4. The fourth-order valence-corrected chi connectivity index (χ4v) is 8.83. The molecule has 0 aliphatic heterocycles. The fraction of sp³-hybridized carbons (Fsp3) is 0.0545. The number of fused-ring (bicyclic) bond motifs is 7. The lowest BCUT2D eigenvalue weighted by Crippen LogP contribution is -2.16. The molecule has 9 aromatic carbocycles. The number of hydrogen-bond acceptors (Lipinski definition) is 1. The smallest absolute Gasteiger partial charge is 0.0547 e. The summed E-state index contributed by atoms with van der Waals surface area (Å²) in [6.07, 6.45) is 5.65. The van der Waals surface area contributed by atoms with Crippen molar-refractivity contribution in [3.63, 3.8) is 0 Å². The number of benzene rings is 9. The van der Waals surface area contributed by atoms with E-state index in [1.165, 1.54) is 76.4 Å². The van der Waals surface area contributed by atoms with Crippen molar-refractivity contribution < 1.29 is 0 Å². The van der Waals surface area contributed by atoms with Crippen molar-refractivity contribution in [2.45, 2.75) is 20.3 Å². The Morgan fingerprint density at radius 3 is 1.86 bits per heavy atom. The Balaban J connectivity index is 1.18. The van der Waals surface area contributed by atoms with Crippen molar-refractivity contribution in [2.75, 3.05) is 4.90 Å². The van der Waals surface area contributed by atoms with Gasteiger partial charge < -0.3 is 9.47 Å². The van der Waals surface area contributed by atoms with Crippen molar-refractivity contribution in [1.29, 1.82) is 0 Å². The highest BCUT2D eigenvalue weighted by atomic mass is 15.1. The molecule has 0 amide bonds.